The minimum Gasteiger partial charge on any atom is -0.365 e. The Morgan fingerprint density at radius 2 is 1.48 bits per heavy atom. The van der Waals surface area contributed by atoms with E-state index >= 15 is 0 Å². The second kappa shape index (κ2) is 7.75. The molecule has 27 heavy (non-hydrogen) atoms. The molecule has 1 heterocycles. The first-order chi connectivity index (χ1) is 12.8. The summed E-state index contributed by atoms with van der Waals surface area (Å²) < 4.78 is 27.4. The fraction of sp³-hybridized carbons (Fsp3) is 0.200. The molecule has 0 aliphatic rings. The van der Waals surface area contributed by atoms with Crippen LogP contribution in [0.3, 0.4) is 0 Å². The van der Waals surface area contributed by atoms with Crippen molar-refractivity contribution in [1.82, 2.24) is 10.2 Å². The van der Waals surface area contributed by atoms with Crippen molar-refractivity contribution in [2.24, 2.45) is 0 Å². The van der Waals surface area contributed by atoms with Crippen molar-refractivity contribution < 1.29 is 8.42 Å². The second-order valence-electron chi connectivity index (χ2n) is 6.49. The van der Waals surface area contributed by atoms with Crippen LogP contribution in [-0.2, 0) is 16.6 Å². The molecule has 2 aromatic carbocycles. The largest absolute Gasteiger partial charge is 0.365 e. The monoisotopic (exact) mass is 382 g/mol. The van der Waals surface area contributed by atoms with Gasteiger partial charge in [-0.25, -0.2) is 8.42 Å². The van der Waals surface area contributed by atoms with E-state index in [1.54, 1.807) is 30.3 Å². The van der Waals surface area contributed by atoms with Crippen LogP contribution in [-0.4, -0.2) is 18.6 Å². The van der Waals surface area contributed by atoms with Gasteiger partial charge >= 0.3 is 0 Å². The second-order valence-corrected chi connectivity index (χ2v) is 8.18. The van der Waals surface area contributed by atoms with Gasteiger partial charge in [-0.05, 0) is 61.7 Å². The molecule has 6 nitrogen and oxygen atoms in total. The van der Waals surface area contributed by atoms with Crippen LogP contribution in [0.2, 0.25) is 0 Å². The summed E-state index contributed by atoms with van der Waals surface area (Å²) in [5.74, 6) is 0.749. The number of nitrogens with one attached hydrogen (secondary N) is 2. The first kappa shape index (κ1) is 18.8. The molecule has 3 rings (SSSR count). The molecule has 140 valence electrons. The fourth-order valence-electron chi connectivity index (χ4n) is 2.46. The van der Waals surface area contributed by atoms with Gasteiger partial charge in [-0.1, -0.05) is 35.9 Å². The molecule has 1 aromatic heterocycles. The summed E-state index contributed by atoms with van der Waals surface area (Å²) >= 11 is 0. The molecule has 0 radical (unpaired) electrons. The highest BCUT2D eigenvalue weighted by Gasteiger charge is 2.15. The Balaban J connectivity index is 1.66. The van der Waals surface area contributed by atoms with Crippen molar-refractivity contribution in [3.63, 3.8) is 0 Å². The van der Waals surface area contributed by atoms with Crippen molar-refractivity contribution >= 4 is 21.7 Å². The van der Waals surface area contributed by atoms with E-state index in [-0.39, 0.29) is 10.7 Å². The number of aromatic nitrogens is 2. The van der Waals surface area contributed by atoms with E-state index in [9.17, 15) is 8.42 Å². The molecule has 0 aliphatic heterocycles. The zero-order valence-corrected chi connectivity index (χ0v) is 16.3. The molecule has 2 N–H and O–H groups in total. The first-order valence-electron chi connectivity index (χ1n) is 8.57. The molecule has 0 atom stereocenters. The zero-order valence-electron chi connectivity index (χ0n) is 15.5. The van der Waals surface area contributed by atoms with Crippen LogP contribution in [0.5, 0.6) is 0 Å². The van der Waals surface area contributed by atoms with Crippen LogP contribution in [0.1, 0.15) is 22.3 Å². The van der Waals surface area contributed by atoms with Gasteiger partial charge in [0.2, 0.25) is 0 Å². The number of aryl methyl sites for hydroxylation is 3. The Labute approximate surface area is 159 Å². The van der Waals surface area contributed by atoms with Gasteiger partial charge in [0.05, 0.1) is 4.90 Å². The minimum atomic E-state index is -3.70. The molecule has 3 aromatic rings. The summed E-state index contributed by atoms with van der Waals surface area (Å²) in [7, 11) is -3.70. The lowest BCUT2D eigenvalue weighted by atomic mass is 10.1. The van der Waals surface area contributed by atoms with Gasteiger partial charge in [0.15, 0.2) is 5.82 Å². The van der Waals surface area contributed by atoms with Crippen LogP contribution in [0.4, 0.5) is 11.6 Å². The number of anilines is 2. The van der Waals surface area contributed by atoms with Crippen molar-refractivity contribution in [2.45, 2.75) is 32.2 Å². The van der Waals surface area contributed by atoms with E-state index in [1.165, 1.54) is 5.56 Å². The third kappa shape index (κ3) is 4.83. The molecule has 0 bridgehead atoms. The highest BCUT2D eigenvalue weighted by molar-refractivity contribution is 7.92. The summed E-state index contributed by atoms with van der Waals surface area (Å²) in [5, 5.41) is 11.2. The van der Waals surface area contributed by atoms with Gasteiger partial charge in [0.1, 0.15) is 5.82 Å². The minimum absolute atomic E-state index is 0.175. The van der Waals surface area contributed by atoms with E-state index in [0.29, 0.717) is 12.4 Å². The number of hydrogen-bond donors (Lipinski definition) is 2. The van der Waals surface area contributed by atoms with E-state index < -0.39 is 10.0 Å². The van der Waals surface area contributed by atoms with Crippen LogP contribution in [0.25, 0.3) is 0 Å². The van der Waals surface area contributed by atoms with Gasteiger partial charge in [0, 0.05) is 6.54 Å². The van der Waals surface area contributed by atoms with E-state index in [1.807, 2.05) is 45.0 Å². The predicted octanol–water partition coefficient (Wildman–Crippen LogP) is 3.81. The standard InChI is InChI=1S/C20H22N4O2S/c1-14-4-7-17(8-5-14)13-21-19-10-11-20(23-22-19)24-27(25,26)18-9-6-15(2)16(3)12-18/h4-12H,13H2,1-3H3,(H,21,22)(H,23,24). The van der Waals surface area contributed by atoms with Gasteiger partial charge in [-0.3, -0.25) is 4.72 Å². The molecular formula is C20H22N4O2S. The predicted molar refractivity (Wildman–Crippen MR) is 107 cm³/mol. The molecule has 7 heteroatoms. The number of rotatable bonds is 6. The number of benzene rings is 2. The number of hydrogen-bond acceptors (Lipinski definition) is 5. The van der Waals surface area contributed by atoms with Crippen molar-refractivity contribution in [3.8, 4) is 0 Å². The zero-order chi connectivity index (χ0) is 19.4. The van der Waals surface area contributed by atoms with Gasteiger partial charge in [-0.2, -0.15) is 0 Å². The summed E-state index contributed by atoms with van der Waals surface area (Å²) in [6, 6.07) is 16.5. The lowest BCUT2D eigenvalue weighted by Gasteiger charge is -2.10. The summed E-state index contributed by atoms with van der Waals surface area (Å²) in [6.45, 7) is 6.47. The van der Waals surface area contributed by atoms with Crippen LogP contribution >= 0.6 is 0 Å². The quantitative estimate of drug-likeness (QED) is 0.677. The van der Waals surface area contributed by atoms with Crippen molar-refractivity contribution in [1.29, 1.82) is 0 Å². The van der Waals surface area contributed by atoms with Crippen molar-refractivity contribution in [3.05, 3.63) is 76.9 Å². The Hall–Kier alpha value is -2.93. The molecule has 0 aliphatic carbocycles. The topological polar surface area (TPSA) is 84.0 Å². The van der Waals surface area contributed by atoms with E-state index in [4.69, 9.17) is 0 Å². The maximum absolute atomic E-state index is 12.5. The summed E-state index contributed by atoms with van der Waals surface area (Å²) in [6.07, 6.45) is 0. The molecule has 0 saturated carbocycles. The molecule has 0 unspecified atom stereocenters. The van der Waals surface area contributed by atoms with Crippen LogP contribution in [0.15, 0.2) is 59.5 Å². The van der Waals surface area contributed by atoms with E-state index in [2.05, 4.69) is 20.2 Å². The average molecular weight is 382 g/mol. The maximum Gasteiger partial charge on any atom is 0.263 e. The van der Waals surface area contributed by atoms with Gasteiger partial charge in [0.25, 0.3) is 10.0 Å². The lowest BCUT2D eigenvalue weighted by Crippen LogP contribution is -2.15. The van der Waals surface area contributed by atoms with E-state index in [0.717, 1.165) is 16.7 Å². The molecular weight excluding hydrogens is 360 g/mol. The average Bonchev–Trinajstić information content (AvgIpc) is 2.64. The fourth-order valence-corrected chi connectivity index (χ4v) is 3.54. The highest BCUT2D eigenvalue weighted by atomic mass is 32.2. The Morgan fingerprint density at radius 3 is 2.11 bits per heavy atom. The van der Waals surface area contributed by atoms with Crippen LogP contribution < -0.4 is 10.0 Å². The molecule has 0 saturated heterocycles. The molecule has 0 spiro atoms. The number of nitrogens with zero attached hydrogens (tertiary/aromatic N) is 2. The smallest absolute Gasteiger partial charge is 0.263 e. The highest BCUT2D eigenvalue weighted by Crippen LogP contribution is 2.18. The Morgan fingerprint density at radius 1 is 0.815 bits per heavy atom. The Kier molecular flexibility index (Phi) is 5.41. The normalized spacial score (nSPS) is 11.2. The third-order valence-electron chi connectivity index (χ3n) is 4.29. The Bertz CT molecular complexity index is 1030. The van der Waals surface area contributed by atoms with Gasteiger partial charge in [-0.15, -0.1) is 10.2 Å². The lowest BCUT2D eigenvalue weighted by molar-refractivity contribution is 0.601. The molecule has 0 fully saturated rings. The maximum atomic E-state index is 12.5. The van der Waals surface area contributed by atoms with Crippen molar-refractivity contribution in [2.75, 3.05) is 10.0 Å². The van der Waals surface area contributed by atoms with Crippen LogP contribution in [0, 0.1) is 20.8 Å². The summed E-state index contributed by atoms with van der Waals surface area (Å²) in [5.41, 5.74) is 4.29. The number of sulfonamides is 1. The SMILES string of the molecule is Cc1ccc(CNc2ccc(NS(=O)(=O)c3ccc(C)c(C)c3)nn2)cc1. The molecule has 0 amide bonds. The third-order valence-corrected chi connectivity index (χ3v) is 5.64. The summed E-state index contributed by atoms with van der Waals surface area (Å²) in [4.78, 5) is 0.203. The van der Waals surface area contributed by atoms with Gasteiger partial charge < -0.3 is 5.32 Å². The first-order valence-corrected chi connectivity index (χ1v) is 10.0.